The van der Waals surface area contributed by atoms with Gasteiger partial charge >= 0.3 is 0 Å². The molecule has 94 valence electrons. The molecule has 0 spiro atoms. The Hall–Kier alpha value is -0.780. The molecular formula is C12H19N3OS. The number of nitrogens with zero attached hydrogens (tertiary/aromatic N) is 2. The van der Waals surface area contributed by atoms with E-state index in [1.807, 2.05) is 13.0 Å². The molecule has 0 amide bonds. The highest BCUT2D eigenvalue weighted by molar-refractivity contribution is 7.71. The maximum atomic E-state index is 5.77. The van der Waals surface area contributed by atoms with Crippen LogP contribution < -0.4 is 0 Å². The Morgan fingerprint density at radius 1 is 1.65 bits per heavy atom. The first-order valence-corrected chi connectivity index (χ1v) is 6.51. The highest BCUT2D eigenvalue weighted by Gasteiger charge is 2.23. The highest BCUT2D eigenvalue weighted by Crippen LogP contribution is 2.19. The average Bonchev–Trinajstić information content (AvgIpc) is 2.28. The number of ether oxygens (including phenoxy) is 1. The SMILES string of the molecule is CCCN1CCOC(c2nc(=S)cc(C)[nH]2)C1. The van der Waals surface area contributed by atoms with E-state index < -0.39 is 0 Å². The topological polar surface area (TPSA) is 41.1 Å². The van der Waals surface area contributed by atoms with Crippen molar-refractivity contribution < 1.29 is 4.74 Å². The molecule has 2 rings (SSSR count). The quantitative estimate of drug-likeness (QED) is 0.839. The molecule has 0 radical (unpaired) electrons. The molecule has 2 heterocycles. The van der Waals surface area contributed by atoms with E-state index in [1.165, 1.54) is 6.42 Å². The minimum absolute atomic E-state index is 0.0249. The summed E-state index contributed by atoms with van der Waals surface area (Å²) in [6, 6.07) is 1.87. The number of aromatic amines is 1. The Labute approximate surface area is 107 Å². The molecule has 0 saturated carbocycles. The molecule has 0 bridgehead atoms. The molecule has 1 aliphatic rings. The molecule has 1 fully saturated rings. The number of hydrogen-bond donors (Lipinski definition) is 1. The van der Waals surface area contributed by atoms with Gasteiger partial charge < -0.3 is 9.72 Å². The predicted octanol–water partition coefficient (Wildman–Crippen LogP) is 2.23. The van der Waals surface area contributed by atoms with Crippen molar-refractivity contribution in [2.24, 2.45) is 0 Å². The first-order chi connectivity index (χ1) is 8.19. The van der Waals surface area contributed by atoms with Crippen LogP contribution in [0, 0.1) is 11.6 Å². The van der Waals surface area contributed by atoms with E-state index in [4.69, 9.17) is 17.0 Å². The number of nitrogens with one attached hydrogen (secondary N) is 1. The number of H-pyrrole nitrogens is 1. The van der Waals surface area contributed by atoms with Crippen LogP contribution in [0.3, 0.4) is 0 Å². The molecule has 1 saturated heterocycles. The lowest BCUT2D eigenvalue weighted by molar-refractivity contribution is -0.0343. The van der Waals surface area contributed by atoms with Gasteiger partial charge in [-0.25, -0.2) is 4.98 Å². The van der Waals surface area contributed by atoms with Crippen molar-refractivity contribution in [1.29, 1.82) is 0 Å². The van der Waals surface area contributed by atoms with Crippen LogP contribution >= 0.6 is 12.2 Å². The number of hydrogen-bond acceptors (Lipinski definition) is 4. The fraction of sp³-hybridized carbons (Fsp3) is 0.667. The molecule has 1 unspecified atom stereocenters. The van der Waals surface area contributed by atoms with Crippen molar-refractivity contribution in [2.75, 3.05) is 26.2 Å². The standard InChI is InChI=1S/C12H19N3OS/c1-3-4-15-5-6-16-10(8-15)12-13-9(2)7-11(17)14-12/h7,10H,3-6,8H2,1-2H3,(H,13,14,17). The fourth-order valence-corrected chi connectivity index (χ4v) is 2.42. The van der Waals surface area contributed by atoms with Crippen LogP contribution in [0.25, 0.3) is 0 Å². The van der Waals surface area contributed by atoms with E-state index in [2.05, 4.69) is 21.8 Å². The van der Waals surface area contributed by atoms with Gasteiger partial charge in [-0.3, -0.25) is 4.90 Å². The summed E-state index contributed by atoms with van der Waals surface area (Å²) in [6.07, 6.45) is 1.20. The number of aromatic nitrogens is 2. The molecule has 5 heteroatoms. The van der Waals surface area contributed by atoms with Gasteiger partial charge in [0, 0.05) is 18.8 Å². The monoisotopic (exact) mass is 253 g/mol. The lowest BCUT2D eigenvalue weighted by Gasteiger charge is -2.32. The van der Waals surface area contributed by atoms with Crippen LogP contribution in [0.1, 0.15) is 31.0 Å². The molecule has 0 aliphatic carbocycles. The third kappa shape index (κ3) is 3.34. The number of rotatable bonds is 3. The van der Waals surface area contributed by atoms with E-state index in [1.54, 1.807) is 0 Å². The van der Waals surface area contributed by atoms with Gasteiger partial charge in [-0.15, -0.1) is 0 Å². The van der Waals surface area contributed by atoms with Crippen LogP contribution in [0.2, 0.25) is 0 Å². The van der Waals surface area contributed by atoms with E-state index in [9.17, 15) is 0 Å². The Morgan fingerprint density at radius 2 is 2.47 bits per heavy atom. The Morgan fingerprint density at radius 3 is 3.18 bits per heavy atom. The van der Waals surface area contributed by atoms with Gasteiger partial charge in [0.05, 0.1) is 6.61 Å². The van der Waals surface area contributed by atoms with E-state index in [-0.39, 0.29) is 6.10 Å². The summed E-state index contributed by atoms with van der Waals surface area (Å²) in [5.74, 6) is 0.857. The zero-order chi connectivity index (χ0) is 12.3. The zero-order valence-electron chi connectivity index (χ0n) is 10.4. The fourth-order valence-electron chi connectivity index (χ4n) is 2.14. The molecule has 4 nitrogen and oxygen atoms in total. The summed E-state index contributed by atoms with van der Waals surface area (Å²) in [5, 5.41) is 0. The van der Waals surface area contributed by atoms with Crippen molar-refractivity contribution in [3.63, 3.8) is 0 Å². The zero-order valence-corrected chi connectivity index (χ0v) is 11.2. The van der Waals surface area contributed by atoms with Crippen molar-refractivity contribution >= 4 is 12.2 Å². The lowest BCUT2D eigenvalue weighted by atomic mass is 10.2. The Bertz CT molecular complexity index is 430. The maximum Gasteiger partial charge on any atom is 0.138 e. The largest absolute Gasteiger partial charge is 0.368 e. The maximum absolute atomic E-state index is 5.77. The minimum Gasteiger partial charge on any atom is -0.368 e. The molecule has 1 aromatic heterocycles. The van der Waals surface area contributed by atoms with Gasteiger partial charge in [-0.1, -0.05) is 19.1 Å². The third-order valence-corrected chi connectivity index (χ3v) is 3.10. The summed E-state index contributed by atoms with van der Waals surface area (Å²) < 4.78 is 6.40. The highest BCUT2D eigenvalue weighted by atomic mass is 32.1. The second kappa shape index (κ2) is 5.71. The molecule has 1 aromatic rings. The van der Waals surface area contributed by atoms with Gasteiger partial charge in [0.1, 0.15) is 16.6 Å². The van der Waals surface area contributed by atoms with Gasteiger partial charge in [0.15, 0.2) is 0 Å². The summed E-state index contributed by atoms with van der Waals surface area (Å²) in [5.41, 5.74) is 1.04. The molecule has 17 heavy (non-hydrogen) atoms. The van der Waals surface area contributed by atoms with E-state index in [0.29, 0.717) is 4.64 Å². The van der Waals surface area contributed by atoms with Crippen LogP contribution in [0.15, 0.2) is 6.07 Å². The first kappa shape index (κ1) is 12.7. The van der Waals surface area contributed by atoms with Crippen LogP contribution in [0.5, 0.6) is 0 Å². The molecule has 0 aromatic carbocycles. The van der Waals surface area contributed by atoms with Crippen LogP contribution in [0.4, 0.5) is 0 Å². The van der Waals surface area contributed by atoms with Crippen LogP contribution in [-0.2, 0) is 4.74 Å². The minimum atomic E-state index is 0.0249. The summed E-state index contributed by atoms with van der Waals surface area (Å²) in [7, 11) is 0. The Kier molecular flexibility index (Phi) is 4.25. The second-order valence-electron chi connectivity index (χ2n) is 4.45. The van der Waals surface area contributed by atoms with E-state index in [0.717, 1.165) is 37.8 Å². The van der Waals surface area contributed by atoms with Gasteiger partial charge in [-0.05, 0) is 26.0 Å². The van der Waals surface area contributed by atoms with Crippen molar-refractivity contribution in [3.8, 4) is 0 Å². The summed E-state index contributed by atoms with van der Waals surface area (Å²) in [6.45, 7) is 7.98. The Balaban J connectivity index is 2.13. The van der Waals surface area contributed by atoms with E-state index >= 15 is 0 Å². The van der Waals surface area contributed by atoms with Crippen molar-refractivity contribution in [1.82, 2.24) is 14.9 Å². The number of morpholine rings is 1. The van der Waals surface area contributed by atoms with Crippen molar-refractivity contribution in [2.45, 2.75) is 26.4 Å². The average molecular weight is 253 g/mol. The first-order valence-electron chi connectivity index (χ1n) is 6.11. The second-order valence-corrected chi connectivity index (χ2v) is 4.87. The normalized spacial score (nSPS) is 21.6. The summed E-state index contributed by atoms with van der Waals surface area (Å²) in [4.78, 5) is 10.0. The lowest BCUT2D eigenvalue weighted by Crippen LogP contribution is -2.39. The summed E-state index contributed by atoms with van der Waals surface area (Å²) >= 11 is 5.14. The smallest absolute Gasteiger partial charge is 0.138 e. The third-order valence-electron chi connectivity index (χ3n) is 2.89. The molecular weight excluding hydrogens is 234 g/mol. The van der Waals surface area contributed by atoms with Gasteiger partial charge in [0.25, 0.3) is 0 Å². The molecule has 1 N–H and O–H groups in total. The predicted molar refractivity (Wildman–Crippen MR) is 69.6 cm³/mol. The number of aryl methyl sites for hydroxylation is 1. The van der Waals surface area contributed by atoms with Crippen LogP contribution in [-0.4, -0.2) is 41.1 Å². The molecule has 1 atom stereocenters. The van der Waals surface area contributed by atoms with Gasteiger partial charge in [0.2, 0.25) is 0 Å². The van der Waals surface area contributed by atoms with Gasteiger partial charge in [-0.2, -0.15) is 0 Å². The van der Waals surface area contributed by atoms with Crippen molar-refractivity contribution in [3.05, 3.63) is 22.2 Å². The molecule has 1 aliphatic heterocycles.